The number of methoxy groups -OCH3 is 3. The first-order chi connectivity index (χ1) is 32.4. The smallest absolute Gasteiger partial charge is 0.407 e. The van der Waals surface area contributed by atoms with Crippen LogP contribution < -0.4 is 39.8 Å². The summed E-state index contributed by atoms with van der Waals surface area (Å²) in [4.78, 5) is 64.3. The second-order valence-electron chi connectivity index (χ2n) is 15.0. The molecule has 0 aliphatic rings. The number of hydrogen-bond acceptors (Lipinski definition) is 13. The predicted octanol–water partition coefficient (Wildman–Crippen LogP) is 7.48. The van der Waals surface area contributed by atoms with Crippen LogP contribution in [0.1, 0.15) is 77.4 Å². The van der Waals surface area contributed by atoms with Gasteiger partial charge in [0.25, 0.3) is 11.6 Å². The van der Waals surface area contributed by atoms with Crippen molar-refractivity contribution < 1.29 is 57.7 Å². The Morgan fingerprint density at radius 2 is 1.39 bits per heavy atom. The molecule has 0 aliphatic carbocycles. The van der Waals surface area contributed by atoms with E-state index < -0.39 is 29.1 Å². The minimum absolute atomic E-state index is 0.00530. The lowest BCUT2D eigenvalue weighted by Gasteiger charge is -2.24. The lowest BCUT2D eigenvalue weighted by atomic mass is 9.97. The summed E-state index contributed by atoms with van der Waals surface area (Å²) in [5, 5.41) is 26.5. The van der Waals surface area contributed by atoms with Gasteiger partial charge in [0.2, 0.25) is 11.8 Å². The minimum Gasteiger partial charge on any atom is -0.497 e. The third-order valence-electron chi connectivity index (χ3n) is 10.5. The summed E-state index contributed by atoms with van der Waals surface area (Å²) in [5.41, 5.74) is 4.09. The number of nitro groups is 1. The number of carbonyl (C=O) groups excluding carboxylic acids is 4. The first-order valence-electron chi connectivity index (χ1n) is 21.4. The van der Waals surface area contributed by atoms with Gasteiger partial charge < -0.3 is 44.0 Å². The minimum atomic E-state index is -1.09. The van der Waals surface area contributed by atoms with Crippen LogP contribution in [0.2, 0.25) is 0 Å². The highest BCUT2D eigenvalue weighted by molar-refractivity contribution is 5.94. The van der Waals surface area contributed by atoms with Gasteiger partial charge in [-0.3, -0.25) is 29.7 Å². The molecule has 0 bridgehead atoms. The van der Waals surface area contributed by atoms with Gasteiger partial charge in [0, 0.05) is 49.7 Å². The lowest BCUT2D eigenvalue weighted by Crippen LogP contribution is -2.38. The Labute approximate surface area is 388 Å². The molecule has 0 spiro atoms. The molecule has 4 N–H and O–H groups in total. The van der Waals surface area contributed by atoms with E-state index in [1.165, 1.54) is 25.6 Å². The molecule has 2 atom stereocenters. The Balaban J connectivity index is 1.17. The standard InChI is InChI=1S/C49H55N5O13/c1-33(40-30-43(64-4)44(31-41(40)54(60)61)66-28-11-17-45(55)52-59)67-49(58)50-25-26-53(32-34-13-7-5-8-14-34)46(56)18-12-27-65-37-21-19-35(20-22-37)47(51-48(57)36-15-9-6-10-16-36)39-24-23-38(62-2)29-42(39)63-3/h5-10,13-16,19-24,29-31,33,47,59H,11-12,17-18,25-28,32H2,1-4H3,(H,50,58)(H,51,57)(H,52,55). The van der Waals surface area contributed by atoms with Gasteiger partial charge in [-0.25, -0.2) is 10.3 Å². The van der Waals surface area contributed by atoms with E-state index >= 15 is 0 Å². The number of nitrogens with one attached hydrogen (secondary N) is 3. The van der Waals surface area contributed by atoms with Gasteiger partial charge in [-0.2, -0.15) is 0 Å². The number of hydrogen-bond donors (Lipinski definition) is 4. The van der Waals surface area contributed by atoms with Crippen molar-refractivity contribution >= 4 is 29.5 Å². The maximum absolute atomic E-state index is 13.6. The van der Waals surface area contributed by atoms with Crippen molar-refractivity contribution in [1.29, 1.82) is 0 Å². The quantitative estimate of drug-likeness (QED) is 0.0193. The molecule has 0 heterocycles. The molecule has 18 heteroatoms. The zero-order chi connectivity index (χ0) is 48.1. The van der Waals surface area contributed by atoms with Crippen LogP contribution in [-0.4, -0.2) is 86.5 Å². The Morgan fingerprint density at radius 3 is 2.04 bits per heavy atom. The fourth-order valence-electron chi connectivity index (χ4n) is 6.98. The zero-order valence-electron chi connectivity index (χ0n) is 37.7. The highest BCUT2D eigenvalue weighted by Gasteiger charge is 2.27. The van der Waals surface area contributed by atoms with E-state index in [0.717, 1.165) is 22.8 Å². The van der Waals surface area contributed by atoms with E-state index in [-0.39, 0.29) is 86.7 Å². The summed E-state index contributed by atoms with van der Waals surface area (Å²) in [6.45, 7) is 2.16. The highest BCUT2D eigenvalue weighted by atomic mass is 16.6. The van der Waals surface area contributed by atoms with E-state index in [1.54, 1.807) is 67.7 Å². The molecule has 5 aromatic rings. The van der Waals surface area contributed by atoms with Crippen molar-refractivity contribution in [3.63, 3.8) is 0 Å². The van der Waals surface area contributed by atoms with Crippen molar-refractivity contribution in [3.05, 3.63) is 153 Å². The first-order valence-corrected chi connectivity index (χ1v) is 21.4. The summed E-state index contributed by atoms with van der Waals surface area (Å²) >= 11 is 0. The van der Waals surface area contributed by atoms with Crippen LogP contribution in [0.5, 0.6) is 28.7 Å². The number of amides is 4. The molecule has 0 fully saturated rings. The van der Waals surface area contributed by atoms with Gasteiger partial charge in [0.1, 0.15) is 23.4 Å². The Morgan fingerprint density at radius 1 is 0.731 bits per heavy atom. The van der Waals surface area contributed by atoms with Gasteiger partial charge in [-0.05, 0) is 73.4 Å². The van der Waals surface area contributed by atoms with E-state index in [1.807, 2.05) is 54.6 Å². The number of alkyl carbamates (subject to hydrolysis) is 1. The molecule has 0 aliphatic heterocycles. The number of nitro benzene ring substituents is 1. The van der Waals surface area contributed by atoms with Crippen LogP contribution >= 0.6 is 0 Å². The van der Waals surface area contributed by atoms with Crippen molar-refractivity contribution in [2.24, 2.45) is 0 Å². The van der Waals surface area contributed by atoms with Gasteiger partial charge in [0.15, 0.2) is 11.5 Å². The molecule has 0 aromatic heterocycles. The van der Waals surface area contributed by atoms with Crippen LogP contribution in [0.25, 0.3) is 0 Å². The van der Waals surface area contributed by atoms with Crippen molar-refractivity contribution in [2.45, 2.75) is 51.3 Å². The topological polar surface area (TPSA) is 226 Å². The van der Waals surface area contributed by atoms with E-state index in [2.05, 4.69) is 10.6 Å². The van der Waals surface area contributed by atoms with E-state index in [4.69, 9.17) is 33.6 Å². The van der Waals surface area contributed by atoms with Crippen molar-refractivity contribution in [2.75, 3.05) is 47.6 Å². The molecular formula is C49H55N5O13. The summed E-state index contributed by atoms with van der Waals surface area (Å²) < 4.78 is 33.6. The highest BCUT2D eigenvalue weighted by Crippen LogP contribution is 2.39. The number of nitrogens with zero attached hydrogens (tertiary/aromatic N) is 2. The fraction of sp³-hybridized carbons (Fsp3) is 0.306. The van der Waals surface area contributed by atoms with Crippen LogP contribution in [0.4, 0.5) is 10.5 Å². The summed E-state index contributed by atoms with van der Waals surface area (Å²) in [6, 6.07) is 33.0. The number of rotatable bonds is 25. The van der Waals surface area contributed by atoms with Crippen LogP contribution in [0.15, 0.2) is 115 Å². The Bertz CT molecular complexity index is 2420. The number of carbonyl (C=O) groups is 4. The third kappa shape index (κ3) is 14.8. The number of hydroxylamine groups is 1. The molecule has 0 radical (unpaired) electrons. The lowest BCUT2D eigenvalue weighted by molar-refractivity contribution is -0.386. The fourth-order valence-corrected chi connectivity index (χ4v) is 6.98. The molecule has 2 unspecified atom stereocenters. The maximum atomic E-state index is 13.6. The zero-order valence-corrected chi connectivity index (χ0v) is 37.7. The molecule has 0 saturated heterocycles. The van der Waals surface area contributed by atoms with Gasteiger partial charge >= 0.3 is 6.09 Å². The van der Waals surface area contributed by atoms with Crippen molar-refractivity contribution in [3.8, 4) is 28.7 Å². The average Bonchev–Trinajstić information content (AvgIpc) is 3.35. The Kier molecular flexibility index (Phi) is 19.1. The second-order valence-corrected chi connectivity index (χ2v) is 15.0. The number of benzene rings is 5. The van der Waals surface area contributed by atoms with Gasteiger partial charge in [0.05, 0.1) is 57.1 Å². The van der Waals surface area contributed by atoms with Crippen molar-refractivity contribution in [1.82, 2.24) is 21.0 Å². The van der Waals surface area contributed by atoms with Gasteiger partial charge in [-0.15, -0.1) is 0 Å². The summed E-state index contributed by atoms with van der Waals surface area (Å²) in [7, 11) is 4.47. The first kappa shape index (κ1) is 50.1. The molecule has 67 heavy (non-hydrogen) atoms. The third-order valence-corrected chi connectivity index (χ3v) is 10.5. The van der Waals surface area contributed by atoms with Crippen LogP contribution in [-0.2, 0) is 20.9 Å². The predicted molar refractivity (Wildman–Crippen MR) is 246 cm³/mol. The average molecular weight is 922 g/mol. The summed E-state index contributed by atoms with van der Waals surface area (Å²) in [5.74, 6) is 0.869. The maximum Gasteiger partial charge on any atom is 0.407 e. The molecule has 5 rings (SSSR count). The molecule has 5 aromatic carbocycles. The largest absolute Gasteiger partial charge is 0.497 e. The van der Waals surface area contributed by atoms with E-state index in [9.17, 15) is 29.3 Å². The molecular weight excluding hydrogens is 867 g/mol. The van der Waals surface area contributed by atoms with Crippen LogP contribution in [0.3, 0.4) is 0 Å². The van der Waals surface area contributed by atoms with E-state index in [0.29, 0.717) is 29.2 Å². The SMILES string of the molecule is COc1ccc(C(NC(=O)c2ccccc2)c2ccc(OCCCC(=O)N(CCNC(=O)OC(C)c3cc(OC)c(OCCCC(=O)NO)cc3[N+](=O)[O-])Cc3ccccc3)cc2)c(OC)c1. The molecule has 0 saturated carbocycles. The number of ether oxygens (including phenoxy) is 6. The molecule has 354 valence electrons. The molecule has 4 amide bonds. The van der Waals surface area contributed by atoms with Gasteiger partial charge in [-0.1, -0.05) is 60.7 Å². The van der Waals surface area contributed by atoms with Crippen LogP contribution in [0, 0.1) is 10.1 Å². The summed E-state index contributed by atoms with van der Waals surface area (Å²) in [6.07, 6.45) is -1.22. The molecule has 18 nitrogen and oxygen atoms in total. The monoisotopic (exact) mass is 921 g/mol. The Hall–Kier alpha value is -7.86. The normalized spacial score (nSPS) is 11.5. The second kappa shape index (κ2) is 25.6.